The molecule has 1 aliphatic heterocycles. The molecule has 0 aliphatic carbocycles. The van der Waals surface area contributed by atoms with Crippen LogP contribution in [0.25, 0.3) is 12.2 Å². The standard InChI is InChI=1S/C22H16F3N3O/c23-22(24,25)17-9-6-15(7-10-17)8-11-18-14-28-20(13-26-18)27-19(21(28)29)12-16-4-2-1-3-5-16/h1-11,13-14,19H,12H2/p+1. The van der Waals surface area contributed by atoms with Gasteiger partial charge in [0.05, 0.1) is 5.56 Å². The lowest BCUT2D eigenvalue weighted by Crippen LogP contribution is -2.43. The number of rotatable bonds is 4. The highest BCUT2D eigenvalue weighted by Crippen LogP contribution is 2.29. The number of fused-ring (bicyclic) bond motifs is 1. The summed E-state index contributed by atoms with van der Waals surface area (Å²) in [6.45, 7) is 0. The maximum Gasteiger partial charge on any atom is 0.416 e. The van der Waals surface area contributed by atoms with E-state index in [-0.39, 0.29) is 11.9 Å². The van der Waals surface area contributed by atoms with Gasteiger partial charge in [-0.3, -0.25) is 5.32 Å². The SMILES string of the molecule is O=C1C(Cc2ccccc2)Nc2cnc(C=Cc3ccc(C(F)(F)F)cc3)c[n+]21. The highest BCUT2D eigenvalue weighted by Gasteiger charge is 2.38. The van der Waals surface area contributed by atoms with Gasteiger partial charge in [-0.1, -0.05) is 48.5 Å². The van der Waals surface area contributed by atoms with E-state index in [1.807, 2.05) is 30.3 Å². The Morgan fingerprint density at radius 2 is 1.76 bits per heavy atom. The van der Waals surface area contributed by atoms with Crippen molar-refractivity contribution in [3.63, 3.8) is 0 Å². The molecule has 1 atom stereocenters. The van der Waals surface area contributed by atoms with E-state index in [4.69, 9.17) is 0 Å². The minimum atomic E-state index is -4.36. The molecule has 7 heteroatoms. The number of alkyl halides is 3. The van der Waals surface area contributed by atoms with Gasteiger partial charge in [-0.15, -0.1) is 0 Å². The highest BCUT2D eigenvalue weighted by atomic mass is 19.4. The first-order valence-electron chi connectivity index (χ1n) is 9.02. The van der Waals surface area contributed by atoms with Gasteiger partial charge in [0, 0.05) is 6.42 Å². The molecular weight excluding hydrogens is 379 g/mol. The number of nitrogens with zero attached hydrogens (tertiary/aromatic N) is 2. The van der Waals surface area contributed by atoms with Crippen LogP contribution in [0.1, 0.15) is 27.2 Å². The lowest BCUT2D eigenvalue weighted by atomic mass is 10.1. The second-order valence-electron chi connectivity index (χ2n) is 6.75. The molecule has 29 heavy (non-hydrogen) atoms. The lowest BCUT2D eigenvalue weighted by molar-refractivity contribution is -0.553. The minimum absolute atomic E-state index is 0.0737. The van der Waals surface area contributed by atoms with Crippen molar-refractivity contribution in [1.82, 2.24) is 4.98 Å². The fourth-order valence-electron chi connectivity index (χ4n) is 3.17. The Kier molecular flexibility index (Phi) is 4.88. The van der Waals surface area contributed by atoms with Crippen LogP contribution in [0.4, 0.5) is 19.0 Å². The van der Waals surface area contributed by atoms with Gasteiger partial charge in [-0.05, 0) is 29.3 Å². The monoisotopic (exact) mass is 396 g/mol. The largest absolute Gasteiger partial charge is 0.416 e. The highest BCUT2D eigenvalue weighted by molar-refractivity contribution is 5.81. The van der Waals surface area contributed by atoms with Crippen LogP contribution in [0.15, 0.2) is 67.0 Å². The number of carbonyl (C=O) groups excluding carboxylic acids is 1. The van der Waals surface area contributed by atoms with E-state index in [1.54, 1.807) is 24.5 Å². The van der Waals surface area contributed by atoms with E-state index in [0.717, 1.165) is 17.7 Å². The Bertz CT molecular complexity index is 1060. The van der Waals surface area contributed by atoms with Crippen molar-refractivity contribution in [2.24, 2.45) is 0 Å². The summed E-state index contributed by atoms with van der Waals surface area (Å²) in [5, 5.41) is 3.17. The van der Waals surface area contributed by atoms with E-state index in [0.29, 0.717) is 23.5 Å². The van der Waals surface area contributed by atoms with Crippen LogP contribution in [0.2, 0.25) is 0 Å². The molecule has 0 amide bonds. The molecule has 1 N–H and O–H groups in total. The van der Waals surface area contributed by atoms with Gasteiger partial charge >= 0.3 is 17.9 Å². The second kappa shape index (κ2) is 7.50. The Balaban J connectivity index is 1.48. The fraction of sp³-hybridized carbons (Fsp3) is 0.136. The van der Waals surface area contributed by atoms with Crippen molar-refractivity contribution in [2.45, 2.75) is 18.6 Å². The van der Waals surface area contributed by atoms with Gasteiger partial charge in [-0.25, -0.2) is 9.78 Å². The molecule has 1 aromatic heterocycles. The zero-order valence-corrected chi connectivity index (χ0v) is 15.2. The maximum absolute atomic E-state index is 12.7. The molecule has 0 bridgehead atoms. The van der Waals surface area contributed by atoms with Crippen LogP contribution < -0.4 is 9.88 Å². The number of halogens is 3. The van der Waals surface area contributed by atoms with Gasteiger partial charge in [-0.2, -0.15) is 17.7 Å². The Hall–Kier alpha value is -3.48. The minimum Gasteiger partial charge on any atom is -0.258 e. The third kappa shape index (κ3) is 4.18. The molecule has 0 spiro atoms. The van der Waals surface area contributed by atoms with Crippen LogP contribution in [-0.2, 0) is 12.6 Å². The van der Waals surface area contributed by atoms with Crippen LogP contribution in [0, 0.1) is 0 Å². The molecule has 2 aromatic carbocycles. The van der Waals surface area contributed by atoms with E-state index in [9.17, 15) is 18.0 Å². The smallest absolute Gasteiger partial charge is 0.258 e. The molecular formula is C22H17F3N3O+. The molecule has 2 heterocycles. The second-order valence-corrected chi connectivity index (χ2v) is 6.75. The molecule has 146 valence electrons. The summed E-state index contributed by atoms with van der Waals surface area (Å²) in [5.41, 5.74) is 1.50. The van der Waals surface area contributed by atoms with Gasteiger partial charge in [0.25, 0.3) is 0 Å². The molecule has 0 fully saturated rings. The average Bonchev–Trinajstić information content (AvgIpc) is 3.02. The van der Waals surface area contributed by atoms with Crippen molar-refractivity contribution in [3.8, 4) is 0 Å². The summed E-state index contributed by atoms with van der Waals surface area (Å²) >= 11 is 0. The quantitative estimate of drug-likeness (QED) is 0.671. The zero-order valence-electron chi connectivity index (χ0n) is 15.2. The van der Waals surface area contributed by atoms with Gasteiger partial charge in [0.1, 0.15) is 18.1 Å². The Morgan fingerprint density at radius 3 is 2.45 bits per heavy atom. The molecule has 4 rings (SSSR count). The van der Waals surface area contributed by atoms with Crippen LogP contribution >= 0.6 is 0 Å². The number of anilines is 1. The van der Waals surface area contributed by atoms with Gasteiger partial charge < -0.3 is 0 Å². The summed E-state index contributed by atoms with van der Waals surface area (Å²) in [7, 11) is 0. The maximum atomic E-state index is 12.7. The third-order valence-electron chi connectivity index (χ3n) is 4.68. The number of hydrogen-bond donors (Lipinski definition) is 1. The number of aromatic nitrogens is 2. The van der Waals surface area contributed by atoms with Crippen LogP contribution in [0.5, 0.6) is 0 Å². The van der Waals surface area contributed by atoms with E-state index in [1.165, 1.54) is 16.7 Å². The number of nitrogens with one attached hydrogen (secondary N) is 1. The Morgan fingerprint density at radius 1 is 1.03 bits per heavy atom. The average molecular weight is 396 g/mol. The van der Waals surface area contributed by atoms with Crippen molar-refractivity contribution >= 4 is 23.9 Å². The first kappa shape index (κ1) is 18.9. The zero-order chi connectivity index (χ0) is 20.4. The molecule has 0 saturated heterocycles. The predicted octanol–water partition coefficient (Wildman–Crippen LogP) is 4.24. The van der Waals surface area contributed by atoms with Crippen molar-refractivity contribution in [2.75, 3.05) is 5.32 Å². The van der Waals surface area contributed by atoms with E-state index >= 15 is 0 Å². The van der Waals surface area contributed by atoms with Crippen LogP contribution in [0.3, 0.4) is 0 Å². The lowest BCUT2D eigenvalue weighted by Gasteiger charge is -2.05. The molecule has 1 unspecified atom stereocenters. The fourth-order valence-corrected chi connectivity index (χ4v) is 3.17. The third-order valence-corrected chi connectivity index (χ3v) is 4.68. The molecule has 0 radical (unpaired) electrons. The summed E-state index contributed by atoms with van der Waals surface area (Å²) in [5.74, 6) is 0.540. The molecule has 3 aromatic rings. The number of carbonyl (C=O) groups is 1. The number of hydrogen-bond acceptors (Lipinski definition) is 3. The summed E-state index contributed by atoms with van der Waals surface area (Å²) in [6.07, 6.45) is 2.73. The molecule has 0 saturated carbocycles. The summed E-state index contributed by atoms with van der Waals surface area (Å²) in [4.78, 5) is 17.0. The topological polar surface area (TPSA) is 45.9 Å². The van der Waals surface area contributed by atoms with Crippen LogP contribution in [-0.4, -0.2) is 16.9 Å². The summed E-state index contributed by atoms with van der Waals surface area (Å²) in [6, 6.07) is 14.2. The first-order chi connectivity index (χ1) is 13.9. The van der Waals surface area contributed by atoms with Crippen molar-refractivity contribution in [1.29, 1.82) is 0 Å². The van der Waals surface area contributed by atoms with Crippen molar-refractivity contribution in [3.05, 3.63) is 89.4 Å². The van der Waals surface area contributed by atoms with Gasteiger partial charge in [0.15, 0.2) is 6.04 Å². The van der Waals surface area contributed by atoms with Crippen molar-refractivity contribution < 1.29 is 22.5 Å². The van der Waals surface area contributed by atoms with Gasteiger partial charge in [0.2, 0.25) is 0 Å². The molecule has 1 aliphatic rings. The normalized spacial score (nSPS) is 16.1. The predicted molar refractivity (Wildman–Crippen MR) is 103 cm³/mol. The van der Waals surface area contributed by atoms with E-state index in [2.05, 4.69) is 10.3 Å². The first-order valence-corrected chi connectivity index (χ1v) is 9.02. The molecule has 4 nitrogen and oxygen atoms in total. The summed E-state index contributed by atoms with van der Waals surface area (Å²) < 4.78 is 39.4. The number of benzene rings is 2. The Labute approximate surface area is 165 Å². The van der Waals surface area contributed by atoms with E-state index < -0.39 is 11.7 Å².